The highest BCUT2D eigenvalue weighted by atomic mass is 16.6. The molecule has 0 aromatic rings. The van der Waals surface area contributed by atoms with Crippen LogP contribution < -0.4 is 0 Å². The van der Waals surface area contributed by atoms with E-state index >= 15 is 0 Å². The van der Waals surface area contributed by atoms with Gasteiger partial charge in [0.25, 0.3) is 0 Å². The Kier molecular flexibility index (Phi) is 5.30. The first kappa shape index (κ1) is 18.5. The van der Waals surface area contributed by atoms with Gasteiger partial charge in [0, 0.05) is 0 Å². The predicted octanol–water partition coefficient (Wildman–Crippen LogP) is 5.21. The molecule has 0 heterocycles. The Morgan fingerprint density at radius 2 is 1.32 bits per heavy atom. The summed E-state index contributed by atoms with van der Waals surface area (Å²) in [5, 5.41) is 0. The number of ether oxygens (including phenoxy) is 1. The lowest BCUT2D eigenvalue weighted by atomic mass is 9.61. The van der Waals surface area contributed by atoms with Gasteiger partial charge in [-0.15, -0.1) is 0 Å². The summed E-state index contributed by atoms with van der Waals surface area (Å²) < 4.78 is 5.79. The first-order valence-corrected chi connectivity index (χ1v) is 7.38. The van der Waals surface area contributed by atoms with Gasteiger partial charge in [-0.25, -0.2) is 0 Å². The van der Waals surface area contributed by atoms with Gasteiger partial charge in [-0.1, -0.05) is 48.5 Å². The van der Waals surface area contributed by atoms with Gasteiger partial charge in [0.15, 0.2) is 0 Å². The van der Waals surface area contributed by atoms with Crippen molar-refractivity contribution in [3.05, 3.63) is 0 Å². The number of hydrogen-bond donors (Lipinski definition) is 0. The van der Waals surface area contributed by atoms with Crippen LogP contribution in [0.1, 0.15) is 82.1 Å². The Labute approximate surface area is 120 Å². The molecule has 0 bridgehead atoms. The number of esters is 1. The van der Waals surface area contributed by atoms with Gasteiger partial charge in [0.05, 0.1) is 5.41 Å². The van der Waals surface area contributed by atoms with Crippen LogP contribution in [0.15, 0.2) is 0 Å². The second-order valence-corrected chi connectivity index (χ2v) is 8.82. The summed E-state index contributed by atoms with van der Waals surface area (Å²) >= 11 is 0. The van der Waals surface area contributed by atoms with Crippen molar-refractivity contribution in [3.8, 4) is 0 Å². The fraction of sp³-hybridized carbons (Fsp3) is 0.941. The van der Waals surface area contributed by atoms with E-state index < -0.39 is 5.41 Å². The normalized spacial score (nSPS) is 16.9. The van der Waals surface area contributed by atoms with Crippen LogP contribution in [0.3, 0.4) is 0 Å². The van der Waals surface area contributed by atoms with E-state index in [1.807, 2.05) is 27.7 Å². The van der Waals surface area contributed by atoms with Gasteiger partial charge < -0.3 is 4.74 Å². The molecule has 0 aliphatic rings. The van der Waals surface area contributed by atoms with Gasteiger partial charge in [-0.2, -0.15) is 0 Å². The fourth-order valence-electron chi connectivity index (χ4n) is 2.14. The Morgan fingerprint density at radius 1 is 0.895 bits per heavy atom. The largest absolute Gasteiger partial charge is 0.459 e. The van der Waals surface area contributed by atoms with Crippen LogP contribution in [-0.4, -0.2) is 11.6 Å². The molecule has 0 aromatic carbocycles. The molecule has 0 saturated heterocycles. The molecular weight excluding hydrogens is 236 g/mol. The van der Waals surface area contributed by atoms with Crippen LogP contribution in [0.25, 0.3) is 0 Å². The van der Waals surface area contributed by atoms with Gasteiger partial charge in [-0.3, -0.25) is 4.79 Å². The number of carbonyl (C=O) groups is 1. The molecule has 114 valence electrons. The standard InChI is InChI=1S/C17H34O2/c1-11-16(8,9)19-13(18)17(10,15(5,6)7)12-14(2,3)4/h11-12H2,1-10H3. The van der Waals surface area contributed by atoms with Gasteiger partial charge in [0.2, 0.25) is 0 Å². The number of hydrogen-bond acceptors (Lipinski definition) is 2. The van der Waals surface area contributed by atoms with Crippen molar-refractivity contribution < 1.29 is 9.53 Å². The maximum absolute atomic E-state index is 12.7. The van der Waals surface area contributed by atoms with Crippen LogP contribution in [0, 0.1) is 16.2 Å². The second-order valence-electron chi connectivity index (χ2n) is 8.82. The molecule has 0 radical (unpaired) electrons. The molecule has 0 fully saturated rings. The van der Waals surface area contributed by atoms with Crippen LogP contribution >= 0.6 is 0 Å². The average molecular weight is 270 g/mol. The van der Waals surface area contributed by atoms with E-state index in [1.54, 1.807) is 0 Å². The summed E-state index contributed by atoms with van der Waals surface area (Å²) in [5.41, 5.74) is -0.891. The summed E-state index contributed by atoms with van der Waals surface area (Å²) in [7, 11) is 0. The third-order valence-electron chi connectivity index (χ3n) is 4.21. The lowest BCUT2D eigenvalue weighted by Gasteiger charge is -2.44. The smallest absolute Gasteiger partial charge is 0.312 e. The highest BCUT2D eigenvalue weighted by Gasteiger charge is 2.48. The van der Waals surface area contributed by atoms with E-state index in [-0.39, 0.29) is 22.4 Å². The summed E-state index contributed by atoms with van der Waals surface area (Å²) in [4.78, 5) is 12.7. The molecule has 0 spiro atoms. The number of rotatable bonds is 4. The van der Waals surface area contributed by atoms with Crippen LogP contribution in [-0.2, 0) is 9.53 Å². The monoisotopic (exact) mass is 270 g/mol. The van der Waals surface area contributed by atoms with Gasteiger partial charge in [-0.05, 0) is 44.4 Å². The van der Waals surface area contributed by atoms with E-state index in [2.05, 4.69) is 41.5 Å². The molecule has 0 aromatic heterocycles. The van der Waals surface area contributed by atoms with Crippen molar-refractivity contribution in [2.24, 2.45) is 16.2 Å². The number of carbonyl (C=O) groups excluding carboxylic acids is 1. The minimum atomic E-state index is -0.475. The Balaban J connectivity index is 5.34. The molecule has 1 unspecified atom stereocenters. The third-order valence-corrected chi connectivity index (χ3v) is 4.21. The quantitative estimate of drug-likeness (QED) is 0.656. The lowest BCUT2D eigenvalue weighted by Crippen LogP contribution is -2.46. The van der Waals surface area contributed by atoms with E-state index in [1.165, 1.54) is 0 Å². The zero-order valence-corrected chi connectivity index (χ0v) is 14.7. The Bertz CT molecular complexity index is 315. The SMILES string of the molecule is CCC(C)(C)OC(=O)C(C)(CC(C)(C)C)C(C)(C)C. The first-order valence-electron chi connectivity index (χ1n) is 7.38. The van der Waals surface area contributed by atoms with Crippen molar-refractivity contribution in [2.45, 2.75) is 87.7 Å². The minimum absolute atomic E-state index is 0.0678. The Hall–Kier alpha value is -0.530. The molecule has 19 heavy (non-hydrogen) atoms. The lowest BCUT2D eigenvalue weighted by molar-refractivity contribution is -0.178. The van der Waals surface area contributed by atoms with Crippen molar-refractivity contribution in [1.82, 2.24) is 0 Å². The fourth-order valence-corrected chi connectivity index (χ4v) is 2.14. The molecule has 0 saturated carbocycles. The molecule has 1 atom stereocenters. The van der Waals surface area contributed by atoms with Crippen LogP contribution in [0.4, 0.5) is 0 Å². The molecule has 0 rings (SSSR count). The van der Waals surface area contributed by atoms with Crippen molar-refractivity contribution in [3.63, 3.8) is 0 Å². The van der Waals surface area contributed by atoms with Gasteiger partial charge in [0.1, 0.15) is 5.60 Å². The second kappa shape index (κ2) is 5.46. The van der Waals surface area contributed by atoms with E-state index in [0.29, 0.717) is 0 Å². The zero-order chi connectivity index (χ0) is 15.7. The molecule has 2 nitrogen and oxygen atoms in total. The summed E-state index contributed by atoms with van der Waals surface area (Å²) in [6.45, 7) is 20.9. The first-order chi connectivity index (χ1) is 8.15. The van der Waals surface area contributed by atoms with E-state index in [0.717, 1.165) is 12.8 Å². The zero-order valence-electron chi connectivity index (χ0n) is 14.7. The minimum Gasteiger partial charge on any atom is -0.459 e. The van der Waals surface area contributed by atoms with Gasteiger partial charge >= 0.3 is 5.97 Å². The average Bonchev–Trinajstić information content (AvgIpc) is 2.12. The molecule has 0 amide bonds. The van der Waals surface area contributed by atoms with Crippen LogP contribution in [0.2, 0.25) is 0 Å². The van der Waals surface area contributed by atoms with Crippen molar-refractivity contribution in [2.75, 3.05) is 0 Å². The molecular formula is C17H34O2. The molecule has 0 aliphatic carbocycles. The van der Waals surface area contributed by atoms with Crippen LogP contribution in [0.5, 0.6) is 0 Å². The summed E-state index contributed by atoms with van der Waals surface area (Å²) in [5.74, 6) is -0.0678. The highest BCUT2D eigenvalue weighted by molar-refractivity contribution is 5.77. The van der Waals surface area contributed by atoms with E-state index in [9.17, 15) is 4.79 Å². The predicted molar refractivity (Wildman–Crippen MR) is 82.1 cm³/mol. The molecule has 2 heteroatoms. The van der Waals surface area contributed by atoms with E-state index in [4.69, 9.17) is 4.74 Å². The summed E-state index contributed by atoms with van der Waals surface area (Å²) in [6.07, 6.45) is 1.65. The highest BCUT2D eigenvalue weighted by Crippen LogP contribution is 2.48. The molecule has 0 aliphatic heterocycles. The molecule has 0 N–H and O–H groups in total. The van der Waals surface area contributed by atoms with Crippen molar-refractivity contribution >= 4 is 5.97 Å². The maximum atomic E-state index is 12.7. The van der Waals surface area contributed by atoms with Crippen molar-refractivity contribution in [1.29, 1.82) is 0 Å². The Morgan fingerprint density at radius 3 is 1.58 bits per heavy atom. The topological polar surface area (TPSA) is 26.3 Å². The maximum Gasteiger partial charge on any atom is 0.312 e. The summed E-state index contributed by atoms with van der Waals surface area (Å²) in [6, 6.07) is 0. The third kappa shape index (κ3) is 5.16.